The average Bonchev–Trinajstić information content (AvgIpc) is 3.15. The molecule has 0 unspecified atom stereocenters. The first-order chi connectivity index (χ1) is 9.04. The Morgan fingerprint density at radius 2 is 2.00 bits per heavy atom. The molecule has 0 bridgehead atoms. The molecule has 0 spiro atoms. The second-order valence-electron chi connectivity index (χ2n) is 6.87. The second kappa shape index (κ2) is 6.12. The van der Waals surface area contributed by atoms with Gasteiger partial charge in [0.25, 0.3) is 0 Å². The van der Waals surface area contributed by atoms with Gasteiger partial charge in [0.05, 0.1) is 0 Å². The Bertz CT molecular complexity index is 305. The van der Waals surface area contributed by atoms with Crippen molar-refractivity contribution >= 4 is 6.03 Å². The zero-order valence-corrected chi connectivity index (χ0v) is 12.3. The molecule has 0 aromatic heterocycles. The highest BCUT2D eigenvalue weighted by Gasteiger charge is 2.43. The van der Waals surface area contributed by atoms with E-state index in [1.807, 2.05) is 4.90 Å². The van der Waals surface area contributed by atoms with Gasteiger partial charge < -0.3 is 15.3 Å². The zero-order valence-electron chi connectivity index (χ0n) is 12.3. The van der Waals surface area contributed by atoms with Gasteiger partial charge in [-0.1, -0.05) is 13.8 Å². The van der Waals surface area contributed by atoms with Gasteiger partial charge in [-0.2, -0.15) is 0 Å². The molecule has 4 nitrogen and oxygen atoms in total. The van der Waals surface area contributed by atoms with Gasteiger partial charge >= 0.3 is 6.03 Å². The molecule has 1 aliphatic carbocycles. The number of nitrogens with zero attached hydrogens (tertiary/aromatic N) is 1. The molecule has 2 rings (SSSR count). The number of aliphatic hydroxyl groups is 1. The van der Waals surface area contributed by atoms with E-state index in [0.717, 1.165) is 32.5 Å². The van der Waals surface area contributed by atoms with Crippen LogP contribution in [0.3, 0.4) is 0 Å². The second-order valence-corrected chi connectivity index (χ2v) is 6.87. The van der Waals surface area contributed by atoms with E-state index in [-0.39, 0.29) is 12.6 Å². The van der Waals surface area contributed by atoms with Crippen molar-refractivity contribution in [3.8, 4) is 0 Å². The van der Waals surface area contributed by atoms with E-state index in [2.05, 4.69) is 19.2 Å². The molecule has 1 saturated heterocycles. The summed E-state index contributed by atoms with van der Waals surface area (Å²) in [5.41, 5.74) is 0.396. The van der Waals surface area contributed by atoms with Gasteiger partial charge in [-0.3, -0.25) is 0 Å². The van der Waals surface area contributed by atoms with E-state index < -0.39 is 0 Å². The number of piperidine rings is 1. The lowest BCUT2D eigenvalue weighted by Crippen LogP contribution is -2.46. The van der Waals surface area contributed by atoms with Crippen molar-refractivity contribution in [1.82, 2.24) is 10.2 Å². The third-order valence-corrected chi connectivity index (χ3v) is 4.57. The molecular weight excluding hydrogens is 240 g/mol. The maximum atomic E-state index is 12.1. The quantitative estimate of drug-likeness (QED) is 0.803. The lowest BCUT2D eigenvalue weighted by atomic mass is 9.94. The molecule has 4 heteroatoms. The predicted molar refractivity (Wildman–Crippen MR) is 75.9 cm³/mol. The summed E-state index contributed by atoms with van der Waals surface area (Å²) in [6.45, 7) is 7.17. The smallest absolute Gasteiger partial charge is 0.317 e. The zero-order chi connectivity index (χ0) is 13.9. The maximum absolute atomic E-state index is 12.1. The summed E-state index contributed by atoms with van der Waals surface area (Å²) in [6, 6.07) is 0.0893. The summed E-state index contributed by atoms with van der Waals surface area (Å²) in [5.74, 6) is 1.10. The number of aliphatic hydroxyl groups excluding tert-OH is 1. The molecule has 0 radical (unpaired) electrons. The summed E-state index contributed by atoms with van der Waals surface area (Å²) < 4.78 is 0. The highest BCUT2D eigenvalue weighted by Crippen LogP contribution is 2.50. The van der Waals surface area contributed by atoms with Crippen molar-refractivity contribution in [2.24, 2.45) is 17.3 Å². The van der Waals surface area contributed by atoms with Crippen LogP contribution in [0, 0.1) is 17.3 Å². The maximum Gasteiger partial charge on any atom is 0.317 e. The molecule has 1 heterocycles. The fraction of sp³-hybridized carbons (Fsp3) is 0.933. The standard InChI is InChI=1S/C15H28N2O2/c1-12(2)9-15(5-6-15)11-16-14(19)17-7-3-13(10-18)4-8-17/h12-13,18H,3-11H2,1-2H3,(H,16,19). The van der Waals surface area contributed by atoms with Crippen molar-refractivity contribution in [1.29, 1.82) is 0 Å². The largest absolute Gasteiger partial charge is 0.396 e. The highest BCUT2D eigenvalue weighted by atomic mass is 16.3. The molecule has 0 atom stereocenters. The summed E-state index contributed by atoms with van der Waals surface area (Å²) in [5, 5.41) is 12.2. The molecule has 2 fully saturated rings. The molecule has 1 saturated carbocycles. The van der Waals surface area contributed by atoms with E-state index in [9.17, 15) is 4.79 Å². The van der Waals surface area contributed by atoms with Gasteiger partial charge in [0.1, 0.15) is 0 Å². The topological polar surface area (TPSA) is 52.6 Å². The lowest BCUT2D eigenvalue weighted by molar-refractivity contribution is 0.136. The molecule has 2 aliphatic rings. The summed E-state index contributed by atoms with van der Waals surface area (Å²) in [6.07, 6.45) is 5.61. The van der Waals surface area contributed by atoms with Crippen LogP contribution in [0.25, 0.3) is 0 Å². The van der Waals surface area contributed by atoms with E-state index in [1.165, 1.54) is 19.3 Å². The molecule has 110 valence electrons. The number of nitrogens with one attached hydrogen (secondary N) is 1. The summed E-state index contributed by atoms with van der Waals surface area (Å²) in [7, 11) is 0. The fourth-order valence-electron chi connectivity index (χ4n) is 3.19. The Kier molecular flexibility index (Phi) is 4.71. The van der Waals surface area contributed by atoms with E-state index in [0.29, 0.717) is 17.3 Å². The van der Waals surface area contributed by atoms with Gasteiger partial charge in [0.2, 0.25) is 0 Å². The Morgan fingerprint density at radius 1 is 1.37 bits per heavy atom. The summed E-state index contributed by atoms with van der Waals surface area (Å²) in [4.78, 5) is 14.0. The van der Waals surface area contributed by atoms with Crippen molar-refractivity contribution < 1.29 is 9.90 Å². The third-order valence-electron chi connectivity index (χ3n) is 4.57. The number of hydrogen-bond donors (Lipinski definition) is 2. The van der Waals surface area contributed by atoms with Crippen molar-refractivity contribution in [2.45, 2.75) is 46.0 Å². The Balaban J connectivity index is 1.70. The van der Waals surface area contributed by atoms with E-state index in [4.69, 9.17) is 5.11 Å². The lowest BCUT2D eigenvalue weighted by Gasteiger charge is -2.31. The molecule has 2 N–H and O–H groups in total. The minimum absolute atomic E-state index is 0.0893. The Morgan fingerprint density at radius 3 is 2.47 bits per heavy atom. The van der Waals surface area contributed by atoms with Gasteiger partial charge in [0.15, 0.2) is 0 Å². The number of likely N-dealkylation sites (tertiary alicyclic amines) is 1. The minimum atomic E-state index is 0.0893. The van der Waals surface area contributed by atoms with Crippen LogP contribution in [0.5, 0.6) is 0 Å². The fourth-order valence-corrected chi connectivity index (χ4v) is 3.19. The first kappa shape index (κ1) is 14.6. The van der Waals surface area contributed by atoms with E-state index >= 15 is 0 Å². The van der Waals surface area contributed by atoms with Crippen LogP contribution in [0.2, 0.25) is 0 Å². The number of carbonyl (C=O) groups is 1. The van der Waals surface area contributed by atoms with Crippen molar-refractivity contribution in [2.75, 3.05) is 26.2 Å². The first-order valence-electron chi connectivity index (χ1n) is 7.68. The highest BCUT2D eigenvalue weighted by molar-refractivity contribution is 5.74. The van der Waals surface area contributed by atoms with Crippen LogP contribution >= 0.6 is 0 Å². The van der Waals surface area contributed by atoms with Crippen molar-refractivity contribution in [3.05, 3.63) is 0 Å². The van der Waals surface area contributed by atoms with Gasteiger partial charge in [-0.05, 0) is 49.4 Å². The number of rotatable bonds is 5. The number of carbonyl (C=O) groups excluding carboxylic acids is 1. The Hall–Kier alpha value is -0.770. The average molecular weight is 268 g/mol. The third kappa shape index (κ3) is 4.10. The molecule has 19 heavy (non-hydrogen) atoms. The number of amides is 2. The van der Waals surface area contributed by atoms with Crippen LogP contribution in [0.1, 0.15) is 46.0 Å². The molecule has 0 aromatic rings. The minimum Gasteiger partial charge on any atom is -0.396 e. The van der Waals surface area contributed by atoms with Crippen LogP contribution in [-0.4, -0.2) is 42.3 Å². The Labute approximate surface area is 116 Å². The monoisotopic (exact) mass is 268 g/mol. The van der Waals surface area contributed by atoms with Crippen LogP contribution in [0.4, 0.5) is 4.79 Å². The molecule has 1 aliphatic heterocycles. The van der Waals surface area contributed by atoms with Gasteiger partial charge in [-0.15, -0.1) is 0 Å². The molecule has 2 amide bonds. The summed E-state index contributed by atoms with van der Waals surface area (Å²) >= 11 is 0. The van der Waals surface area contributed by atoms with Crippen LogP contribution in [-0.2, 0) is 0 Å². The van der Waals surface area contributed by atoms with E-state index in [1.54, 1.807) is 0 Å². The SMILES string of the molecule is CC(C)CC1(CNC(=O)N2CCC(CO)CC2)CC1. The number of hydrogen-bond acceptors (Lipinski definition) is 2. The van der Waals surface area contributed by atoms with Crippen LogP contribution in [0.15, 0.2) is 0 Å². The number of urea groups is 1. The van der Waals surface area contributed by atoms with Crippen LogP contribution < -0.4 is 5.32 Å². The molecular formula is C15H28N2O2. The normalized spacial score (nSPS) is 22.6. The predicted octanol–water partition coefficient (Wildman–Crippen LogP) is 2.23. The van der Waals surface area contributed by atoms with Gasteiger partial charge in [0, 0.05) is 26.2 Å². The first-order valence-corrected chi connectivity index (χ1v) is 7.68. The molecule has 0 aromatic carbocycles. The van der Waals surface area contributed by atoms with Gasteiger partial charge in [-0.25, -0.2) is 4.79 Å². The van der Waals surface area contributed by atoms with Crippen molar-refractivity contribution in [3.63, 3.8) is 0 Å².